The molecular weight excluding hydrogens is 275 g/mol. The van der Waals surface area contributed by atoms with Crippen LogP contribution in [0.2, 0.25) is 0 Å². The molecule has 3 saturated carbocycles. The van der Waals surface area contributed by atoms with Gasteiger partial charge in [-0.2, -0.15) is 0 Å². The standard InChI is InChI=1S/C20H33FO/c1-13-11-16(21)6-4-5-15-9-10-20(3)18(14(2)22)7-8-19(20)17(15)12-13/h13,15-19H,4-12H2,1-3H3. The van der Waals surface area contributed by atoms with Crippen molar-refractivity contribution < 1.29 is 9.18 Å². The monoisotopic (exact) mass is 308 g/mol. The molecular formula is C20H33FO. The summed E-state index contributed by atoms with van der Waals surface area (Å²) in [5, 5.41) is 0. The molecule has 0 aromatic rings. The molecule has 1 nitrogen and oxygen atoms in total. The van der Waals surface area contributed by atoms with Gasteiger partial charge in [0.05, 0.1) is 0 Å². The Hall–Kier alpha value is -0.400. The maximum atomic E-state index is 14.0. The smallest absolute Gasteiger partial charge is 0.133 e. The van der Waals surface area contributed by atoms with E-state index >= 15 is 0 Å². The van der Waals surface area contributed by atoms with Crippen molar-refractivity contribution in [3.05, 3.63) is 0 Å². The molecule has 0 aromatic heterocycles. The molecule has 2 heteroatoms. The number of carbonyl (C=O) groups is 1. The van der Waals surface area contributed by atoms with Gasteiger partial charge < -0.3 is 0 Å². The third-order valence-corrected chi connectivity index (χ3v) is 7.50. The van der Waals surface area contributed by atoms with Crippen LogP contribution in [0.4, 0.5) is 4.39 Å². The highest BCUT2D eigenvalue weighted by Gasteiger charge is 2.54. The van der Waals surface area contributed by atoms with Crippen LogP contribution in [0.5, 0.6) is 0 Å². The molecule has 3 rings (SSSR count). The van der Waals surface area contributed by atoms with E-state index in [4.69, 9.17) is 0 Å². The zero-order chi connectivity index (χ0) is 15.9. The maximum absolute atomic E-state index is 14.0. The largest absolute Gasteiger partial charge is 0.300 e. The van der Waals surface area contributed by atoms with Gasteiger partial charge in [-0.3, -0.25) is 4.79 Å². The van der Waals surface area contributed by atoms with E-state index < -0.39 is 6.17 Å². The van der Waals surface area contributed by atoms with Gasteiger partial charge >= 0.3 is 0 Å². The zero-order valence-electron chi connectivity index (χ0n) is 14.6. The van der Waals surface area contributed by atoms with Crippen molar-refractivity contribution in [1.29, 1.82) is 0 Å². The first kappa shape index (κ1) is 16.5. The van der Waals surface area contributed by atoms with Crippen molar-refractivity contribution >= 4 is 5.78 Å². The number of rotatable bonds is 1. The number of halogens is 1. The van der Waals surface area contributed by atoms with Crippen LogP contribution in [0, 0.1) is 35.0 Å². The molecule has 0 spiro atoms. The number of ketones is 1. The van der Waals surface area contributed by atoms with Gasteiger partial charge in [-0.15, -0.1) is 0 Å². The molecule has 22 heavy (non-hydrogen) atoms. The summed E-state index contributed by atoms with van der Waals surface area (Å²) in [4.78, 5) is 12.1. The van der Waals surface area contributed by atoms with E-state index in [2.05, 4.69) is 13.8 Å². The summed E-state index contributed by atoms with van der Waals surface area (Å²) in [6, 6.07) is 0. The Morgan fingerprint density at radius 2 is 1.86 bits per heavy atom. The van der Waals surface area contributed by atoms with Crippen molar-refractivity contribution in [1.82, 2.24) is 0 Å². The molecule has 7 atom stereocenters. The topological polar surface area (TPSA) is 17.1 Å². The summed E-state index contributed by atoms with van der Waals surface area (Å²) < 4.78 is 14.0. The second-order valence-corrected chi connectivity index (χ2v) is 8.92. The minimum atomic E-state index is -0.588. The van der Waals surface area contributed by atoms with Crippen molar-refractivity contribution in [2.24, 2.45) is 35.0 Å². The highest BCUT2D eigenvalue weighted by molar-refractivity contribution is 5.79. The Balaban J connectivity index is 1.83. The van der Waals surface area contributed by atoms with Gasteiger partial charge in [-0.25, -0.2) is 4.39 Å². The molecule has 0 bridgehead atoms. The predicted molar refractivity (Wildman–Crippen MR) is 88.4 cm³/mol. The minimum Gasteiger partial charge on any atom is -0.300 e. The molecule has 0 saturated heterocycles. The number of hydrogen-bond acceptors (Lipinski definition) is 1. The van der Waals surface area contributed by atoms with Gasteiger partial charge in [0.2, 0.25) is 0 Å². The second-order valence-electron chi connectivity index (χ2n) is 8.92. The average Bonchev–Trinajstić information content (AvgIpc) is 2.80. The molecule has 0 aromatic carbocycles. The van der Waals surface area contributed by atoms with Crippen molar-refractivity contribution in [3.63, 3.8) is 0 Å². The Labute approximate surface area is 135 Å². The fourth-order valence-corrected chi connectivity index (χ4v) is 6.47. The molecule has 0 heterocycles. The van der Waals surface area contributed by atoms with E-state index in [1.807, 2.05) is 0 Å². The molecule has 3 fully saturated rings. The van der Waals surface area contributed by atoms with Gasteiger partial charge in [-0.1, -0.05) is 26.7 Å². The lowest BCUT2D eigenvalue weighted by atomic mass is 9.55. The van der Waals surface area contributed by atoms with E-state index in [9.17, 15) is 9.18 Å². The van der Waals surface area contributed by atoms with Gasteiger partial charge in [0, 0.05) is 5.92 Å². The average molecular weight is 308 g/mol. The van der Waals surface area contributed by atoms with E-state index in [0.29, 0.717) is 17.6 Å². The molecule has 0 aliphatic heterocycles. The number of carbonyl (C=O) groups excluding carboxylic acids is 1. The third-order valence-electron chi connectivity index (χ3n) is 7.50. The summed E-state index contributed by atoms with van der Waals surface area (Å²) >= 11 is 0. The van der Waals surface area contributed by atoms with Gasteiger partial charge in [-0.05, 0) is 81.0 Å². The van der Waals surface area contributed by atoms with Gasteiger partial charge in [0.25, 0.3) is 0 Å². The molecule has 0 N–H and O–H groups in total. The molecule has 0 radical (unpaired) electrons. The summed E-state index contributed by atoms with van der Waals surface area (Å²) in [5.74, 6) is 3.43. The second kappa shape index (κ2) is 6.24. The minimum absolute atomic E-state index is 0.232. The van der Waals surface area contributed by atoms with Crippen LogP contribution >= 0.6 is 0 Å². The normalized spacial score (nSPS) is 49.5. The van der Waals surface area contributed by atoms with Gasteiger partial charge in [0.15, 0.2) is 0 Å². The van der Waals surface area contributed by atoms with Crippen LogP contribution in [0.1, 0.15) is 78.6 Å². The van der Waals surface area contributed by atoms with E-state index in [0.717, 1.165) is 37.5 Å². The summed E-state index contributed by atoms with van der Waals surface area (Å²) in [7, 11) is 0. The highest BCUT2D eigenvalue weighted by Crippen LogP contribution is 2.61. The highest BCUT2D eigenvalue weighted by atomic mass is 19.1. The number of Topliss-reactive ketones (excluding diaryl/α,β-unsaturated/α-hetero) is 1. The van der Waals surface area contributed by atoms with Crippen molar-refractivity contribution in [3.8, 4) is 0 Å². The first-order valence-corrected chi connectivity index (χ1v) is 9.56. The Morgan fingerprint density at radius 3 is 2.59 bits per heavy atom. The zero-order valence-corrected chi connectivity index (χ0v) is 14.6. The lowest BCUT2D eigenvalue weighted by Crippen LogP contribution is -2.43. The molecule has 7 unspecified atom stereocenters. The Kier molecular flexibility index (Phi) is 4.67. The van der Waals surface area contributed by atoms with E-state index in [1.54, 1.807) is 6.92 Å². The Morgan fingerprint density at radius 1 is 1.09 bits per heavy atom. The summed E-state index contributed by atoms with van der Waals surface area (Å²) in [5.41, 5.74) is 0.232. The summed E-state index contributed by atoms with van der Waals surface area (Å²) in [6.45, 7) is 6.43. The van der Waals surface area contributed by atoms with E-state index in [1.165, 1.54) is 32.1 Å². The SMILES string of the molecule is CC(=O)C1CCC2C3CC(C)CC(F)CCCC3CCC12C. The van der Waals surface area contributed by atoms with Crippen LogP contribution in [-0.4, -0.2) is 12.0 Å². The van der Waals surface area contributed by atoms with Crippen molar-refractivity contribution in [2.45, 2.75) is 84.7 Å². The lowest BCUT2D eigenvalue weighted by Gasteiger charge is -2.49. The Bertz CT molecular complexity index is 420. The van der Waals surface area contributed by atoms with Crippen LogP contribution in [-0.2, 0) is 4.79 Å². The van der Waals surface area contributed by atoms with Crippen LogP contribution in [0.15, 0.2) is 0 Å². The fourth-order valence-electron chi connectivity index (χ4n) is 6.47. The molecule has 3 aliphatic carbocycles. The first-order chi connectivity index (χ1) is 10.4. The third kappa shape index (κ3) is 2.87. The summed E-state index contributed by atoms with van der Waals surface area (Å²) in [6.07, 6.45) is 9.22. The quantitative estimate of drug-likeness (QED) is 0.618. The fraction of sp³-hybridized carbons (Fsp3) is 0.950. The number of alkyl halides is 1. The van der Waals surface area contributed by atoms with E-state index in [-0.39, 0.29) is 11.3 Å². The van der Waals surface area contributed by atoms with Crippen molar-refractivity contribution in [2.75, 3.05) is 0 Å². The van der Waals surface area contributed by atoms with Crippen LogP contribution < -0.4 is 0 Å². The lowest BCUT2D eigenvalue weighted by molar-refractivity contribution is -0.126. The maximum Gasteiger partial charge on any atom is 0.133 e. The van der Waals surface area contributed by atoms with Crippen LogP contribution in [0.3, 0.4) is 0 Å². The van der Waals surface area contributed by atoms with Crippen LogP contribution in [0.25, 0.3) is 0 Å². The predicted octanol–water partition coefficient (Wildman–Crippen LogP) is 5.57. The number of fused-ring (bicyclic) bond motifs is 3. The molecule has 3 aliphatic rings. The number of hydrogen-bond donors (Lipinski definition) is 0. The van der Waals surface area contributed by atoms with Gasteiger partial charge in [0.1, 0.15) is 12.0 Å². The first-order valence-electron chi connectivity index (χ1n) is 9.56. The molecule has 0 amide bonds. The molecule has 126 valence electrons.